The lowest BCUT2D eigenvalue weighted by molar-refractivity contribution is -0.325. The maximum absolute atomic E-state index is 13.8. The molecule has 12 nitrogen and oxygen atoms in total. The summed E-state index contributed by atoms with van der Waals surface area (Å²) in [4.78, 5) is 16.2. The largest absolute Gasteiger partial charge is 0.497 e. The number of carbonyl (C=O) groups excluding carboxylic acids is 1. The van der Waals surface area contributed by atoms with Crippen molar-refractivity contribution < 1.29 is 53.3 Å². The molecule has 1 saturated heterocycles. The molecule has 6 aliphatic rings. The second-order valence-corrected chi connectivity index (χ2v) is 14.4. The van der Waals surface area contributed by atoms with Gasteiger partial charge in [-0.15, -0.1) is 0 Å². The highest BCUT2D eigenvalue weighted by atomic mass is 16.6. The van der Waals surface area contributed by atoms with Gasteiger partial charge in [0.2, 0.25) is 0 Å². The van der Waals surface area contributed by atoms with Gasteiger partial charge in [-0.2, -0.15) is 0 Å². The fraction of sp³-hybridized carbons (Fsp3) is 0.794. The van der Waals surface area contributed by atoms with Crippen molar-refractivity contribution in [1.82, 2.24) is 4.90 Å². The Bertz CT molecular complexity index is 1330. The lowest BCUT2D eigenvalue weighted by Crippen LogP contribution is -2.81. The van der Waals surface area contributed by atoms with E-state index in [1.54, 1.807) is 59.8 Å². The Morgan fingerprint density at radius 3 is 2.26 bits per heavy atom. The van der Waals surface area contributed by atoms with E-state index in [2.05, 4.69) is 11.8 Å². The van der Waals surface area contributed by atoms with Crippen LogP contribution < -0.4 is 4.74 Å². The number of hydrogen-bond acceptors (Lipinski definition) is 12. The summed E-state index contributed by atoms with van der Waals surface area (Å²) in [7, 11) is 9.61. The van der Waals surface area contributed by atoms with Crippen LogP contribution in [-0.4, -0.2) is 142 Å². The number of hydrogen-bond donors (Lipinski definition) is 3. The molecular formula is C34H49NO11. The monoisotopic (exact) mass is 647 g/mol. The van der Waals surface area contributed by atoms with Crippen molar-refractivity contribution in [3.8, 4) is 5.75 Å². The van der Waals surface area contributed by atoms with Gasteiger partial charge < -0.3 is 48.5 Å². The average Bonchev–Trinajstić information content (AvgIpc) is 3.43. The summed E-state index contributed by atoms with van der Waals surface area (Å²) in [6.07, 6.45) is -4.57. The molecule has 0 amide bonds. The molecule has 12 heteroatoms. The van der Waals surface area contributed by atoms with Crippen LogP contribution in [0.5, 0.6) is 5.75 Å². The topological polar surface area (TPSA) is 146 Å². The Hall–Kier alpha value is -1.87. The van der Waals surface area contributed by atoms with Gasteiger partial charge in [-0.3, -0.25) is 4.90 Å². The first kappa shape index (κ1) is 32.7. The highest BCUT2D eigenvalue weighted by Gasteiger charge is 2.91. The molecule has 1 aliphatic heterocycles. The first-order valence-corrected chi connectivity index (χ1v) is 16.4. The van der Waals surface area contributed by atoms with E-state index >= 15 is 0 Å². The van der Waals surface area contributed by atoms with E-state index in [0.29, 0.717) is 37.4 Å². The third kappa shape index (κ3) is 3.58. The van der Waals surface area contributed by atoms with Gasteiger partial charge in [0.05, 0.1) is 37.6 Å². The summed E-state index contributed by atoms with van der Waals surface area (Å²) in [5.74, 6) is -1.73. The lowest BCUT2D eigenvalue weighted by atomic mass is 9.42. The zero-order valence-corrected chi connectivity index (χ0v) is 27.8. The fourth-order valence-electron chi connectivity index (χ4n) is 12.4. The normalized spacial score (nSPS) is 50.0. The number of aliphatic hydroxyl groups excluding tert-OH is 2. The van der Waals surface area contributed by atoms with Crippen LogP contribution in [0.15, 0.2) is 24.3 Å². The fourth-order valence-corrected chi connectivity index (χ4v) is 12.4. The number of likely N-dealkylation sites (tertiary alicyclic amines) is 1. The van der Waals surface area contributed by atoms with E-state index in [9.17, 15) is 20.1 Å². The standard InChI is InChI=1S/C34H49NO11/c1-8-35-15-31(16-40-2)20(36)13-21(42-4)33-19-14-32(39)28(46-30(38)17-9-11-18(41-3)12-10-17)22(19)34(45-7,27(37)29(32)44-6)23(26(33)35)24(43-5)25(31)33/h9-12,19-29,36-37,39H,8,13-16H2,1-7H3/t19-,20-,21+,22-,23-,24-,25-,26+,27+,28-,29+,31+,32-,33-,34+/m1/s1. The van der Waals surface area contributed by atoms with Crippen LogP contribution in [0.3, 0.4) is 0 Å². The van der Waals surface area contributed by atoms with Crippen LogP contribution in [0.4, 0.5) is 0 Å². The number of esters is 1. The first-order chi connectivity index (χ1) is 22.1. The van der Waals surface area contributed by atoms with Crippen LogP contribution in [-0.2, 0) is 28.4 Å². The van der Waals surface area contributed by atoms with Crippen LogP contribution in [0.2, 0.25) is 0 Å². The van der Waals surface area contributed by atoms with Crippen LogP contribution in [0, 0.1) is 34.5 Å². The van der Waals surface area contributed by atoms with E-state index in [4.69, 9.17) is 33.2 Å². The zero-order valence-electron chi connectivity index (χ0n) is 27.8. The highest BCUT2D eigenvalue weighted by molar-refractivity contribution is 5.89. The smallest absolute Gasteiger partial charge is 0.338 e. The van der Waals surface area contributed by atoms with E-state index in [1.807, 2.05) is 0 Å². The minimum absolute atomic E-state index is 0.172. The van der Waals surface area contributed by atoms with Gasteiger partial charge in [0.25, 0.3) is 0 Å². The molecule has 5 aliphatic carbocycles. The number of piperidine rings is 1. The molecule has 46 heavy (non-hydrogen) atoms. The van der Waals surface area contributed by atoms with Crippen molar-refractivity contribution in [2.45, 2.75) is 73.6 Å². The van der Waals surface area contributed by atoms with Crippen molar-refractivity contribution in [2.24, 2.45) is 34.5 Å². The molecule has 6 fully saturated rings. The predicted molar refractivity (Wildman–Crippen MR) is 162 cm³/mol. The van der Waals surface area contributed by atoms with Crippen molar-refractivity contribution in [2.75, 3.05) is 62.4 Å². The molecule has 1 aromatic carbocycles. The van der Waals surface area contributed by atoms with E-state index in [1.165, 1.54) is 7.11 Å². The summed E-state index contributed by atoms with van der Waals surface area (Å²) < 4.78 is 43.0. The maximum Gasteiger partial charge on any atom is 0.338 e. The van der Waals surface area contributed by atoms with Crippen molar-refractivity contribution in [3.05, 3.63) is 29.8 Å². The number of fused-ring (bicyclic) bond motifs is 2. The zero-order chi connectivity index (χ0) is 33.0. The Labute approximate surface area is 270 Å². The molecule has 15 atom stereocenters. The third-order valence-corrected chi connectivity index (χ3v) is 13.5. The van der Waals surface area contributed by atoms with Crippen LogP contribution in [0.25, 0.3) is 0 Å². The summed E-state index contributed by atoms with van der Waals surface area (Å²) >= 11 is 0. The van der Waals surface area contributed by atoms with Crippen molar-refractivity contribution >= 4 is 5.97 Å². The predicted octanol–water partition coefficient (Wildman–Crippen LogP) is 0.740. The number of ether oxygens (including phenoxy) is 7. The number of rotatable bonds is 10. The van der Waals surface area contributed by atoms with Gasteiger partial charge in [0.15, 0.2) is 0 Å². The Morgan fingerprint density at radius 1 is 0.978 bits per heavy atom. The Morgan fingerprint density at radius 2 is 1.70 bits per heavy atom. The lowest BCUT2D eigenvalue weighted by Gasteiger charge is -2.70. The molecule has 1 heterocycles. The number of nitrogens with zero attached hydrogens (tertiary/aromatic N) is 1. The van der Waals surface area contributed by atoms with E-state index < -0.39 is 76.5 Å². The Kier molecular flexibility index (Phi) is 7.87. The molecule has 1 aromatic rings. The van der Waals surface area contributed by atoms with Crippen molar-refractivity contribution in [3.63, 3.8) is 0 Å². The van der Waals surface area contributed by atoms with Gasteiger partial charge in [0, 0.05) is 83.1 Å². The molecular weight excluding hydrogens is 598 g/mol. The van der Waals surface area contributed by atoms with Gasteiger partial charge in [0.1, 0.15) is 35.3 Å². The number of methoxy groups -OCH3 is 6. The highest BCUT2D eigenvalue weighted by Crippen LogP contribution is 2.80. The van der Waals surface area contributed by atoms with Gasteiger partial charge >= 0.3 is 5.97 Å². The summed E-state index contributed by atoms with van der Waals surface area (Å²) in [5.41, 5.74) is -4.16. The average molecular weight is 648 g/mol. The van der Waals surface area contributed by atoms with E-state index in [-0.39, 0.29) is 24.3 Å². The van der Waals surface area contributed by atoms with Crippen LogP contribution >= 0.6 is 0 Å². The molecule has 7 bridgehead atoms. The van der Waals surface area contributed by atoms with Gasteiger partial charge in [-0.05, 0) is 43.1 Å². The van der Waals surface area contributed by atoms with Gasteiger partial charge in [-0.25, -0.2) is 4.79 Å². The molecule has 256 valence electrons. The van der Waals surface area contributed by atoms with E-state index in [0.717, 1.165) is 0 Å². The Balaban J connectivity index is 1.47. The van der Waals surface area contributed by atoms with Crippen LogP contribution in [0.1, 0.15) is 30.1 Å². The third-order valence-electron chi connectivity index (χ3n) is 13.5. The maximum atomic E-state index is 13.8. The van der Waals surface area contributed by atoms with Crippen molar-refractivity contribution in [1.29, 1.82) is 0 Å². The number of carbonyl (C=O) groups is 1. The van der Waals surface area contributed by atoms with Gasteiger partial charge in [-0.1, -0.05) is 6.92 Å². The quantitative estimate of drug-likeness (QED) is 0.308. The second kappa shape index (κ2) is 11.1. The molecule has 0 unspecified atom stereocenters. The number of benzene rings is 1. The molecule has 0 radical (unpaired) electrons. The molecule has 5 saturated carbocycles. The summed E-state index contributed by atoms with van der Waals surface area (Å²) in [6, 6.07) is 6.43. The molecule has 3 N–H and O–H groups in total. The SMILES string of the molecule is CCN1C[C@]2(COC)[C@H](O)C[C@H](OC)[C@]34[C@@H]5C[C@@]6(O)[C@H](OC(=O)c7ccc(OC)cc7)[C@@H]5[C@](OC)([C@H]([C@@H](OC)[C@H]23)[C@H]14)[C@@H](O)[C@@H]6OC. The molecule has 0 aromatic heterocycles. The first-order valence-electron chi connectivity index (χ1n) is 16.4. The minimum Gasteiger partial charge on any atom is -0.497 e. The molecule has 7 rings (SSSR count). The molecule has 1 spiro atoms. The number of aliphatic hydroxyl groups is 3. The minimum atomic E-state index is -1.74. The summed E-state index contributed by atoms with van der Waals surface area (Å²) in [6.45, 7) is 3.64. The summed E-state index contributed by atoms with van der Waals surface area (Å²) in [5, 5.41) is 37.2. The second-order valence-electron chi connectivity index (χ2n) is 14.4.